The van der Waals surface area contributed by atoms with Gasteiger partial charge in [0.1, 0.15) is 5.78 Å². The van der Waals surface area contributed by atoms with Crippen molar-refractivity contribution in [3.63, 3.8) is 0 Å². The first-order valence-corrected chi connectivity index (χ1v) is 5.83. The van der Waals surface area contributed by atoms with E-state index in [1.165, 1.54) is 12.8 Å². The number of hydrogen-bond acceptors (Lipinski definition) is 3. The average molecular weight is 212 g/mol. The van der Waals surface area contributed by atoms with E-state index in [9.17, 15) is 4.79 Å². The molecule has 3 heteroatoms. The number of hydrogen-bond donors (Lipinski definition) is 0. The minimum atomic E-state index is -0.336. The molecule has 0 aromatic carbocycles. The first kappa shape index (κ1) is 11.1. The lowest BCUT2D eigenvalue weighted by Crippen LogP contribution is -2.33. The second-order valence-electron chi connectivity index (χ2n) is 4.84. The van der Waals surface area contributed by atoms with Gasteiger partial charge in [0, 0.05) is 19.6 Å². The Labute approximate surface area is 91.1 Å². The van der Waals surface area contributed by atoms with Crippen molar-refractivity contribution in [3.8, 4) is 0 Å². The van der Waals surface area contributed by atoms with Crippen LogP contribution in [0.15, 0.2) is 0 Å². The van der Waals surface area contributed by atoms with Crippen LogP contribution in [0, 0.1) is 11.3 Å². The van der Waals surface area contributed by atoms with Crippen LogP contribution in [0.25, 0.3) is 0 Å². The molecule has 15 heavy (non-hydrogen) atoms. The maximum absolute atomic E-state index is 12.3. The number of methoxy groups -OCH3 is 2. The van der Waals surface area contributed by atoms with Crippen molar-refractivity contribution >= 4 is 5.78 Å². The molecular formula is C12H20O3. The fourth-order valence-corrected chi connectivity index (χ4v) is 3.31. The standard InChI is InChI=1S/C12H20O3/c1-14-11(15-2)9-5-8-12(10(9)13)6-3-4-7-12/h9,11H,3-8H2,1-2H3. The molecule has 2 fully saturated rings. The van der Waals surface area contributed by atoms with E-state index in [-0.39, 0.29) is 17.6 Å². The lowest BCUT2D eigenvalue weighted by atomic mass is 9.82. The summed E-state index contributed by atoms with van der Waals surface area (Å²) in [6.07, 6.45) is 6.24. The number of Topliss-reactive ketones (excluding diaryl/α,β-unsaturated/α-hetero) is 1. The summed E-state index contributed by atoms with van der Waals surface area (Å²) in [5.41, 5.74) is -0.0000231. The summed E-state index contributed by atoms with van der Waals surface area (Å²) in [6, 6.07) is 0. The predicted molar refractivity (Wildman–Crippen MR) is 56.4 cm³/mol. The summed E-state index contributed by atoms with van der Waals surface area (Å²) in [4.78, 5) is 12.3. The third-order valence-electron chi connectivity index (χ3n) is 4.15. The predicted octanol–water partition coefficient (Wildman–Crippen LogP) is 2.14. The van der Waals surface area contributed by atoms with E-state index in [0.717, 1.165) is 25.7 Å². The SMILES string of the molecule is COC(OC)C1CCC2(CCCC2)C1=O. The van der Waals surface area contributed by atoms with Gasteiger partial charge in [-0.1, -0.05) is 12.8 Å². The van der Waals surface area contributed by atoms with Crippen molar-refractivity contribution in [1.29, 1.82) is 0 Å². The Hall–Kier alpha value is -0.410. The smallest absolute Gasteiger partial charge is 0.166 e. The van der Waals surface area contributed by atoms with Gasteiger partial charge in [0.2, 0.25) is 0 Å². The Morgan fingerprint density at radius 3 is 2.33 bits per heavy atom. The van der Waals surface area contributed by atoms with Crippen LogP contribution in [-0.4, -0.2) is 26.3 Å². The third-order valence-corrected chi connectivity index (χ3v) is 4.15. The van der Waals surface area contributed by atoms with E-state index in [4.69, 9.17) is 9.47 Å². The zero-order chi connectivity index (χ0) is 10.9. The third kappa shape index (κ3) is 1.72. The van der Waals surface area contributed by atoms with Crippen molar-refractivity contribution in [2.75, 3.05) is 14.2 Å². The van der Waals surface area contributed by atoms with Crippen LogP contribution in [-0.2, 0) is 14.3 Å². The number of ether oxygens (including phenoxy) is 2. The summed E-state index contributed by atoms with van der Waals surface area (Å²) in [7, 11) is 3.22. The average Bonchev–Trinajstić information content (AvgIpc) is 2.83. The number of ketones is 1. The number of carbonyl (C=O) groups excluding carboxylic acids is 1. The molecule has 2 aliphatic carbocycles. The minimum Gasteiger partial charge on any atom is -0.355 e. The van der Waals surface area contributed by atoms with Crippen LogP contribution in [0.1, 0.15) is 38.5 Å². The summed E-state index contributed by atoms with van der Waals surface area (Å²) in [5.74, 6) is 0.367. The lowest BCUT2D eigenvalue weighted by molar-refractivity contribution is -0.156. The Morgan fingerprint density at radius 2 is 1.80 bits per heavy atom. The van der Waals surface area contributed by atoms with Crippen molar-refractivity contribution in [1.82, 2.24) is 0 Å². The van der Waals surface area contributed by atoms with E-state index in [1.807, 2.05) is 0 Å². The maximum atomic E-state index is 12.3. The van der Waals surface area contributed by atoms with E-state index in [2.05, 4.69) is 0 Å². The second kappa shape index (κ2) is 4.22. The van der Waals surface area contributed by atoms with E-state index < -0.39 is 0 Å². The quantitative estimate of drug-likeness (QED) is 0.672. The fourth-order valence-electron chi connectivity index (χ4n) is 3.31. The van der Waals surface area contributed by atoms with Crippen LogP contribution in [0.4, 0.5) is 0 Å². The molecule has 2 aliphatic rings. The zero-order valence-electron chi connectivity index (χ0n) is 9.62. The van der Waals surface area contributed by atoms with Gasteiger partial charge in [-0.2, -0.15) is 0 Å². The van der Waals surface area contributed by atoms with Crippen LogP contribution in [0.5, 0.6) is 0 Å². The number of rotatable bonds is 3. The highest BCUT2D eigenvalue weighted by Gasteiger charge is 2.51. The Kier molecular flexibility index (Phi) is 3.12. The lowest BCUT2D eigenvalue weighted by Gasteiger charge is -2.24. The highest BCUT2D eigenvalue weighted by Crippen LogP contribution is 2.51. The van der Waals surface area contributed by atoms with Gasteiger partial charge in [-0.25, -0.2) is 0 Å². The van der Waals surface area contributed by atoms with Gasteiger partial charge >= 0.3 is 0 Å². The maximum Gasteiger partial charge on any atom is 0.166 e. The normalized spacial score (nSPS) is 29.5. The number of carbonyl (C=O) groups is 1. The highest BCUT2D eigenvalue weighted by molar-refractivity contribution is 5.89. The molecule has 1 unspecified atom stereocenters. The molecular weight excluding hydrogens is 192 g/mol. The first-order chi connectivity index (χ1) is 7.23. The van der Waals surface area contributed by atoms with Crippen LogP contribution in [0.2, 0.25) is 0 Å². The van der Waals surface area contributed by atoms with Crippen LogP contribution < -0.4 is 0 Å². The molecule has 0 N–H and O–H groups in total. The van der Waals surface area contributed by atoms with Gasteiger partial charge in [0.05, 0.1) is 5.92 Å². The minimum absolute atomic E-state index is 0.0000231. The molecule has 2 rings (SSSR count). The second-order valence-corrected chi connectivity index (χ2v) is 4.84. The Balaban J connectivity index is 2.09. The molecule has 0 aliphatic heterocycles. The monoisotopic (exact) mass is 212 g/mol. The summed E-state index contributed by atoms with van der Waals surface area (Å²) in [6.45, 7) is 0. The van der Waals surface area contributed by atoms with Gasteiger partial charge in [0.25, 0.3) is 0 Å². The van der Waals surface area contributed by atoms with E-state index in [0.29, 0.717) is 5.78 Å². The molecule has 0 aromatic rings. The van der Waals surface area contributed by atoms with Crippen molar-refractivity contribution in [2.24, 2.45) is 11.3 Å². The molecule has 3 nitrogen and oxygen atoms in total. The molecule has 0 amide bonds. The summed E-state index contributed by atoms with van der Waals surface area (Å²) < 4.78 is 10.4. The van der Waals surface area contributed by atoms with Crippen LogP contribution >= 0.6 is 0 Å². The van der Waals surface area contributed by atoms with E-state index >= 15 is 0 Å². The van der Waals surface area contributed by atoms with Crippen molar-refractivity contribution in [3.05, 3.63) is 0 Å². The highest BCUT2D eigenvalue weighted by atomic mass is 16.7. The molecule has 0 heterocycles. The summed E-state index contributed by atoms with van der Waals surface area (Å²) in [5, 5.41) is 0. The molecule has 0 radical (unpaired) electrons. The molecule has 0 aromatic heterocycles. The molecule has 1 spiro atoms. The van der Waals surface area contributed by atoms with Gasteiger partial charge in [-0.3, -0.25) is 4.79 Å². The van der Waals surface area contributed by atoms with Gasteiger partial charge < -0.3 is 9.47 Å². The van der Waals surface area contributed by atoms with Gasteiger partial charge in [-0.05, 0) is 25.7 Å². The summed E-state index contributed by atoms with van der Waals surface area (Å²) >= 11 is 0. The van der Waals surface area contributed by atoms with Gasteiger partial charge in [-0.15, -0.1) is 0 Å². The van der Waals surface area contributed by atoms with Crippen molar-refractivity contribution in [2.45, 2.75) is 44.8 Å². The van der Waals surface area contributed by atoms with Crippen molar-refractivity contribution < 1.29 is 14.3 Å². The molecule has 2 saturated carbocycles. The van der Waals surface area contributed by atoms with E-state index in [1.54, 1.807) is 14.2 Å². The molecule has 0 saturated heterocycles. The molecule has 0 bridgehead atoms. The molecule has 86 valence electrons. The fraction of sp³-hybridized carbons (Fsp3) is 0.917. The Morgan fingerprint density at radius 1 is 1.20 bits per heavy atom. The van der Waals surface area contributed by atoms with Crippen LogP contribution in [0.3, 0.4) is 0 Å². The largest absolute Gasteiger partial charge is 0.355 e. The zero-order valence-corrected chi connectivity index (χ0v) is 9.62. The first-order valence-electron chi connectivity index (χ1n) is 5.83. The Bertz CT molecular complexity index is 239. The topological polar surface area (TPSA) is 35.5 Å². The van der Waals surface area contributed by atoms with Gasteiger partial charge in [0.15, 0.2) is 6.29 Å². The molecule has 1 atom stereocenters.